The molecular weight excluding hydrogens is 184 g/mol. The highest BCUT2D eigenvalue weighted by molar-refractivity contribution is 5.86. The van der Waals surface area contributed by atoms with Crippen LogP contribution in [0.2, 0.25) is 0 Å². The molecule has 0 radical (unpaired) electrons. The fourth-order valence-corrected chi connectivity index (χ4v) is 1.29. The lowest BCUT2D eigenvalue weighted by molar-refractivity contribution is 0.0693. The molecule has 2 rings (SSSR count). The van der Waals surface area contributed by atoms with Gasteiger partial charge in [0.15, 0.2) is 0 Å². The number of aromatic carboxylic acids is 1. The van der Waals surface area contributed by atoms with Crippen LogP contribution in [0.1, 0.15) is 23.2 Å². The molecule has 0 amide bonds. The zero-order chi connectivity index (χ0) is 10.1. The average molecular weight is 194 g/mol. The molecule has 0 aromatic carbocycles. The number of hydrogen-bond donors (Lipinski definition) is 1. The summed E-state index contributed by atoms with van der Waals surface area (Å²) >= 11 is 0. The molecule has 1 aliphatic carbocycles. The monoisotopic (exact) mass is 194 g/mol. The molecule has 1 aromatic heterocycles. The normalized spacial score (nSPS) is 15.4. The zero-order valence-corrected chi connectivity index (χ0v) is 7.51. The van der Waals surface area contributed by atoms with Crippen LogP contribution < -0.4 is 5.56 Å². The molecule has 0 spiro atoms. The van der Waals surface area contributed by atoms with Crippen molar-refractivity contribution < 1.29 is 9.90 Å². The van der Waals surface area contributed by atoms with Crippen molar-refractivity contribution in [2.75, 3.05) is 0 Å². The molecule has 5 nitrogen and oxygen atoms in total. The summed E-state index contributed by atoms with van der Waals surface area (Å²) in [5.41, 5.74) is -0.715. The van der Waals surface area contributed by atoms with E-state index in [1.807, 2.05) is 0 Å². The first-order chi connectivity index (χ1) is 6.68. The van der Waals surface area contributed by atoms with Gasteiger partial charge >= 0.3 is 5.97 Å². The minimum atomic E-state index is -1.19. The third-order valence-corrected chi connectivity index (χ3v) is 2.27. The highest BCUT2D eigenvalue weighted by atomic mass is 16.4. The van der Waals surface area contributed by atoms with Crippen LogP contribution in [0.4, 0.5) is 0 Å². The molecule has 1 aromatic rings. The van der Waals surface area contributed by atoms with Crippen molar-refractivity contribution in [3.05, 3.63) is 28.2 Å². The van der Waals surface area contributed by atoms with Crippen LogP contribution in [0.5, 0.6) is 0 Å². The van der Waals surface area contributed by atoms with Crippen molar-refractivity contribution in [1.29, 1.82) is 0 Å². The lowest BCUT2D eigenvalue weighted by atomic mass is 10.3. The summed E-state index contributed by atoms with van der Waals surface area (Å²) in [5.74, 6) is -0.689. The lowest BCUT2D eigenvalue weighted by Crippen LogP contribution is -2.28. The number of carboxylic acids is 1. The van der Waals surface area contributed by atoms with Crippen LogP contribution in [0.25, 0.3) is 0 Å². The second kappa shape index (κ2) is 3.25. The minimum absolute atomic E-state index is 0.208. The van der Waals surface area contributed by atoms with E-state index in [1.54, 1.807) is 0 Å². The largest absolute Gasteiger partial charge is 0.477 e. The van der Waals surface area contributed by atoms with Crippen molar-refractivity contribution in [1.82, 2.24) is 9.78 Å². The second-order valence-electron chi connectivity index (χ2n) is 3.48. The molecule has 0 unspecified atom stereocenters. The van der Waals surface area contributed by atoms with Gasteiger partial charge in [-0.25, -0.2) is 9.48 Å². The van der Waals surface area contributed by atoms with Crippen molar-refractivity contribution in [2.24, 2.45) is 5.92 Å². The molecule has 0 atom stereocenters. The summed E-state index contributed by atoms with van der Waals surface area (Å²) in [5, 5.41) is 12.5. The Balaban J connectivity index is 2.35. The summed E-state index contributed by atoms with van der Waals surface area (Å²) in [6.07, 6.45) is 3.56. The Kier molecular flexibility index (Phi) is 2.07. The minimum Gasteiger partial charge on any atom is -0.477 e. The van der Waals surface area contributed by atoms with Gasteiger partial charge in [0.25, 0.3) is 5.56 Å². The molecule has 0 aliphatic heterocycles. The van der Waals surface area contributed by atoms with E-state index in [2.05, 4.69) is 5.10 Å². The van der Waals surface area contributed by atoms with Gasteiger partial charge < -0.3 is 5.11 Å². The molecule has 5 heteroatoms. The highest BCUT2D eigenvalue weighted by Crippen LogP contribution is 2.29. The summed E-state index contributed by atoms with van der Waals surface area (Å²) in [7, 11) is 0. The predicted octanol–water partition coefficient (Wildman–Crippen LogP) is 0.352. The average Bonchev–Trinajstić information content (AvgIpc) is 2.92. The van der Waals surface area contributed by atoms with Gasteiger partial charge in [0.05, 0.1) is 0 Å². The van der Waals surface area contributed by atoms with Gasteiger partial charge in [-0.05, 0) is 24.8 Å². The van der Waals surface area contributed by atoms with E-state index in [1.165, 1.54) is 16.9 Å². The number of carbonyl (C=O) groups is 1. The van der Waals surface area contributed by atoms with E-state index >= 15 is 0 Å². The Labute approximate surface area is 80.0 Å². The van der Waals surface area contributed by atoms with Gasteiger partial charge in [-0.3, -0.25) is 4.79 Å². The lowest BCUT2D eigenvalue weighted by Gasteiger charge is -2.02. The van der Waals surface area contributed by atoms with Gasteiger partial charge in [0.1, 0.15) is 5.56 Å². The molecule has 1 aliphatic rings. The van der Waals surface area contributed by atoms with Gasteiger partial charge in [-0.2, -0.15) is 5.10 Å². The molecule has 1 heterocycles. The number of rotatable bonds is 3. The number of nitrogens with zero attached hydrogens (tertiary/aromatic N) is 2. The van der Waals surface area contributed by atoms with Crippen molar-refractivity contribution in [3.63, 3.8) is 0 Å². The van der Waals surface area contributed by atoms with Crippen LogP contribution >= 0.6 is 0 Å². The summed E-state index contributed by atoms with van der Waals surface area (Å²) in [6.45, 7) is 0.542. The third-order valence-electron chi connectivity index (χ3n) is 2.27. The number of hydrogen-bond acceptors (Lipinski definition) is 3. The van der Waals surface area contributed by atoms with Crippen LogP contribution in [-0.2, 0) is 6.54 Å². The van der Waals surface area contributed by atoms with Crippen molar-refractivity contribution >= 4 is 5.97 Å². The molecule has 1 fully saturated rings. The quantitative estimate of drug-likeness (QED) is 0.753. The summed E-state index contributed by atoms with van der Waals surface area (Å²) in [4.78, 5) is 22.1. The maximum Gasteiger partial charge on any atom is 0.341 e. The van der Waals surface area contributed by atoms with Gasteiger partial charge in [0, 0.05) is 12.7 Å². The Bertz CT molecular complexity index is 420. The Hall–Kier alpha value is -1.65. The van der Waals surface area contributed by atoms with Crippen LogP contribution in [0.15, 0.2) is 17.1 Å². The first-order valence-corrected chi connectivity index (χ1v) is 4.48. The van der Waals surface area contributed by atoms with Crippen molar-refractivity contribution in [2.45, 2.75) is 19.4 Å². The molecule has 14 heavy (non-hydrogen) atoms. The third kappa shape index (κ3) is 1.66. The summed E-state index contributed by atoms with van der Waals surface area (Å²) in [6, 6.07) is 1.23. The SMILES string of the molecule is O=C(O)c1ccnn(CC2CC2)c1=O. The first-order valence-electron chi connectivity index (χ1n) is 4.48. The molecule has 0 bridgehead atoms. The van der Waals surface area contributed by atoms with Gasteiger partial charge in [0.2, 0.25) is 0 Å². The fraction of sp³-hybridized carbons (Fsp3) is 0.444. The van der Waals surface area contributed by atoms with E-state index < -0.39 is 11.5 Å². The van der Waals surface area contributed by atoms with E-state index in [0.29, 0.717) is 12.5 Å². The topological polar surface area (TPSA) is 72.2 Å². The number of aromatic nitrogens is 2. The Morgan fingerprint density at radius 2 is 2.36 bits per heavy atom. The molecular formula is C9H10N2O3. The molecule has 1 saturated carbocycles. The van der Waals surface area contributed by atoms with Crippen LogP contribution in [0, 0.1) is 5.92 Å². The first kappa shape index (κ1) is 8.93. The zero-order valence-electron chi connectivity index (χ0n) is 7.51. The van der Waals surface area contributed by atoms with E-state index in [0.717, 1.165) is 12.8 Å². The Morgan fingerprint density at radius 1 is 1.64 bits per heavy atom. The van der Waals surface area contributed by atoms with Crippen LogP contribution in [0.3, 0.4) is 0 Å². The van der Waals surface area contributed by atoms with Crippen LogP contribution in [-0.4, -0.2) is 20.9 Å². The molecule has 74 valence electrons. The Morgan fingerprint density at radius 3 is 2.93 bits per heavy atom. The van der Waals surface area contributed by atoms with E-state index in [9.17, 15) is 9.59 Å². The molecule has 1 N–H and O–H groups in total. The van der Waals surface area contributed by atoms with Gasteiger partial charge in [-0.1, -0.05) is 0 Å². The molecule has 0 saturated heterocycles. The maximum atomic E-state index is 11.5. The van der Waals surface area contributed by atoms with Gasteiger partial charge in [-0.15, -0.1) is 0 Å². The maximum absolute atomic E-state index is 11.5. The smallest absolute Gasteiger partial charge is 0.341 e. The van der Waals surface area contributed by atoms with E-state index in [4.69, 9.17) is 5.11 Å². The number of carboxylic acid groups (broad SMARTS) is 1. The summed E-state index contributed by atoms with van der Waals surface area (Å²) < 4.78 is 1.24. The second-order valence-corrected chi connectivity index (χ2v) is 3.48. The van der Waals surface area contributed by atoms with E-state index in [-0.39, 0.29) is 5.56 Å². The van der Waals surface area contributed by atoms with Crippen molar-refractivity contribution in [3.8, 4) is 0 Å². The predicted molar refractivity (Wildman–Crippen MR) is 48.2 cm³/mol. The fourth-order valence-electron chi connectivity index (χ4n) is 1.29. The standard InChI is InChI=1S/C9H10N2O3/c12-8-7(9(13)14)3-4-10-11(8)5-6-1-2-6/h3-4,6H,1-2,5H2,(H,13,14). The highest BCUT2D eigenvalue weighted by Gasteiger charge is 2.23.